The fourth-order valence-corrected chi connectivity index (χ4v) is 0.933. The van der Waals surface area contributed by atoms with Gasteiger partial charge >= 0.3 is 0 Å². The third-order valence-corrected chi connectivity index (χ3v) is 2.13. The molecule has 0 aliphatic carbocycles. The summed E-state index contributed by atoms with van der Waals surface area (Å²) < 4.78 is 5.63. The van der Waals surface area contributed by atoms with E-state index < -0.39 is 5.60 Å². The summed E-state index contributed by atoms with van der Waals surface area (Å²) >= 11 is 0. The van der Waals surface area contributed by atoms with Crippen molar-refractivity contribution in [3.05, 3.63) is 18.5 Å². The average molecular weight is 190 g/mol. The minimum Gasteiger partial charge on any atom is -0.473 e. The number of ether oxygens (including phenoxy) is 1. The van der Waals surface area contributed by atoms with Crippen LogP contribution in [0.4, 0.5) is 5.69 Å². The van der Waals surface area contributed by atoms with Crippen LogP contribution in [0.2, 0.25) is 0 Å². The molecule has 0 amide bonds. The van der Waals surface area contributed by atoms with Crippen LogP contribution < -0.4 is 10.5 Å². The third-order valence-electron chi connectivity index (χ3n) is 2.13. The summed E-state index contributed by atoms with van der Waals surface area (Å²) in [6.45, 7) is 3.82. The quantitative estimate of drug-likeness (QED) is 0.740. The van der Waals surface area contributed by atoms with Gasteiger partial charge in [-0.3, -0.25) is 4.98 Å². The molecule has 3 nitrogen and oxygen atoms in total. The molecule has 0 bridgehead atoms. The molecule has 3 heteroatoms. The second-order valence-electron chi connectivity index (χ2n) is 3.24. The Balaban J connectivity index is 2.89. The Morgan fingerprint density at radius 2 is 2.43 bits per heavy atom. The van der Waals surface area contributed by atoms with Gasteiger partial charge in [0.05, 0.1) is 11.9 Å². The molecule has 0 fully saturated rings. The van der Waals surface area contributed by atoms with Crippen molar-refractivity contribution in [1.82, 2.24) is 4.98 Å². The number of nitrogen functional groups attached to an aromatic ring is 1. The van der Waals surface area contributed by atoms with Crippen molar-refractivity contribution in [3.63, 3.8) is 0 Å². The molecule has 74 valence electrons. The van der Waals surface area contributed by atoms with E-state index in [-0.39, 0.29) is 0 Å². The van der Waals surface area contributed by atoms with Crippen LogP contribution in [0, 0.1) is 12.3 Å². The number of anilines is 1. The Kier molecular flexibility index (Phi) is 2.98. The average Bonchev–Trinajstić information content (AvgIpc) is 2.21. The molecule has 0 spiro atoms. The first kappa shape index (κ1) is 10.4. The van der Waals surface area contributed by atoms with E-state index in [4.69, 9.17) is 16.9 Å². The second-order valence-corrected chi connectivity index (χ2v) is 3.24. The van der Waals surface area contributed by atoms with Gasteiger partial charge in [-0.25, -0.2) is 0 Å². The number of aromatic nitrogens is 1. The summed E-state index contributed by atoms with van der Waals surface area (Å²) in [6, 6.07) is 1.71. The fraction of sp³-hybridized carbons (Fsp3) is 0.364. The van der Waals surface area contributed by atoms with Gasteiger partial charge in [0.2, 0.25) is 0 Å². The van der Waals surface area contributed by atoms with Gasteiger partial charge in [0.15, 0.2) is 5.60 Å². The SMILES string of the molecule is C#CC(C)(CC)Oc1ccncc1N. The summed E-state index contributed by atoms with van der Waals surface area (Å²) in [5.41, 5.74) is 5.58. The number of pyridine rings is 1. The third kappa shape index (κ3) is 2.17. The van der Waals surface area contributed by atoms with Gasteiger partial charge < -0.3 is 10.5 Å². The van der Waals surface area contributed by atoms with E-state index in [1.807, 2.05) is 13.8 Å². The molecule has 1 aromatic heterocycles. The van der Waals surface area contributed by atoms with Gasteiger partial charge in [-0.2, -0.15) is 0 Å². The van der Waals surface area contributed by atoms with Crippen LogP contribution in [0.3, 0.4) is 0 Å². The maximum absolute atomic E-state index is 5.68. The number of nitrogens with two attached hydrogens (primary N) is 1. The minimum atomic E-state index is -0.602. The first-order chi connectivity index (χ1) is 6.61. The van der Waals surface area contributed by atoms with Crippen molar-refractivity contribution in [2.45, 2.75) is 25.9 Å². The first-order valence-corrected chi connectivity index (χ1v) is 4.47. The predicted molar refractivity (Wildman–Crippen MR) is 56.8 cm³/mol. The number of terminal acetylenes is 1. The molecule has 2 N–H and O–H groups in total. The number of hydrogen-bond acceptors (Lipinski definition) is 3. The highest BCUT2D eigenvalue weighted by Gasteiger charge is 2.21. The van der Waals surface area contributed by atoms with E-state index in [1.165, 1.54) is 0 Å². The van der Waals surface area contributed by atoms with Gasteiger partial charge in [-0.1, -0.05) is 12.8 Å². The summed E-state index contributed by atoms with van der Waals surface area (Å²) in [6.07, 6.45) is 9.28. The largest absolute Gasteiger partial charge is 0.473 e. The van der Waals surface area contributed by atoms with Crippen LogP contribution in [-0.2, 0) is 0 Å². The van der Waals surface area contributed by atoms with E-state index in [1.54, 1.807) is 18.5 Å². The van der Waals surface area contributed by atoms with Crippen molar-refractivity contribution in [2.75, 3.05) is 5.73 Å². The zero-order chi connectivity index (χ0) is 10.6. The van der Waals surface area contributed by atoms with E-state index in [2.05, 4.69) is 10.9 Å². The highest BCUT2D eigenvalue weighted by Crippen LogP contribution is 2.25. The number of nitrogens with zero attached hydrogens (tertiary/aromatic N) is 1. The molecule has 1 atom stereocenters. The highest BCUT2D eigenvalue weighted by molar-refractivity contribution is 5.50. The summed E-state index contributed by atoms with van der Waals surface area (Å²) in [5, 5.41) is 0. The smallest absolute Gasteiger partial charge is 0.166 e. The molecular weight excluding hydrogens is 176 g/mol. The summed E-state index contributed by atoms with van der Waals surface area (Å²) in [4.78, 5) is 3.87. The Bertz CT molecular complexity index is 357. The number of rotatable bonds is 3. The second kappa shape index (κ2) is 4.01. The summed E-state index contributed by atoms with van der Waals surface area (Å²) in [7, 11) is 0. The molecular formula is C11H14N2O. The van der Waals surface area contributed by atoms with E-state index >= 15 is 0 Å². The number of hydrogen-bond donors (Lipinski definition) is 1. The van der Waals surface area contributed by atoms with Crippen LogP contribution in [-0.4, -0.2) is 10.6 Å². The Morgan fingerprint density at radius 1 is 1.71 bits per heavy atom. The van der Waals surface area contributed by atoms with Crippen molar-refractivity contribution in [1.29, 1.82) is 0 Å². The minimum absolute atomic E-state index is 0.502. The molecule has 0 radical (unpaired) electrons. The topological polar surface area (TPSA) is 48.1 Å². The Labute approximate surface area is 84.3 Å². The van der Waals surface area contributed by atoms with Crippen molar-refractivity contribution < 1.29 is 4.74 Å². The molecule has 14 heavy (non-hydrogen) atoms. The predicted octanol–water partition coefficient (Wildman–Crippen LogP) is 1.84. The summed E-state index contributed by atoms with van der Waals surface area (Å²) in [5.74, 6) is 3.19. The lowest BCUT2D eigenvalue weighted by Crippen LogP contribution is -2.29. The lowest BCUT2D eigenvalue weighted by molar-refractivity contribution is 0.148. The van der Waals surface area contributed by atoms with Gasteiger partial charge in [-0.05, 0) is 13.3 Å². The first-order valence-electron chi connectivity index (χ1n) is 4.47. The molecule has 0 saturated heterocycles. The molecule has 0 saturated carbocycles. The van der Waals surface area contributed by atoms with Crippen LogP contribution >= 0.6 is 0 Å². The highest BCUT2D eigenvalue weighted by atomic mass is 16.5. The molecule has 1 unspecified atom stereocenters. The fourth-order valence-electron chi connectivity index (χ4n) is 0.933. The molecule has 1 rings (SSSR count). The lowest BCUT2D eigenvalue weighted by Gasteiger charge is -2.24. The molecule has 1 aromatic rings. The standard InChI is InChI=1S/C11H14N2O/c1-4-11(3,5-2)14-10-6-7-13-8-9(10)12/h1,6-8H,5,12H2,2-3H3. The van der Waals surface area contributed by atoms with Gasteiger partial charge in [0.25, 0.3) is 0 Å². The molecule has 1 heterocycles. The molecule has 0 aliphatic heterocycles. The van der Waals surface area contributed by atoms with E-state index in [9.17, 15) is 0 Å². The zero-order valence-corrected chi connectivity index (χ0v) is 8.45. The zero-order valence-electron chi connectivity index (χ0n) is 8.45. The maximum atomic E-state index is 5.68. The maximum Gasteiger partial charge on any atom is 0.166 e. The van der Waals surface area contributed by atoms with Crippen molar-refractivity contribution in [3.8, 4) is 18.1 Å². The van der Waals surface area contributed by atoms with E-state index in [0.717, 1.165) is 6.42 Å². The van der Waals surface area contributed by atoms with Crippen molar-refractivity contribution >= 4 is 5.69 Å². The van der Waals surface area contributed by atoms with E-state index in [0.29, 0.717) is 11.4 Å². The lowest BCUT2D eigenvalue weighted by atomic mass is 10.1. The van der Waals surface area contributed by atoms with Crippen LogP contribution in [0.15, 0.2) is 18.5 Å². The van der Waals surface area contributed by atoms with Gasteiger partial charge in [0.1, 0.15) is 5.75 Å². The van der Waals surface area contributed by atoms with Crippen LogP contribution in [0.1, 0.15) is 20.3 Å². The van der Waals surface area contributed by atoms with Gasteiger partial charge in [0, 0.05) is 12.3 Å². The Hall–Kier alpha value is -1.69. The van der Waals surface area contributed by atoms with Crippen LogP contribution in [0.5, 0.6) is 5.75 Å². The van der Waals surface area contributed by atoms with Gasteiger partial charge in [-0.15, -0.1) is 6.42 Å². The normalized spacial score (nSPS) is 14.1. The molecule has 0 aliphatic rings. The monoisotopic (exact) mass is 190 g/mol. The Morgan fingerprint density at radius 3 is 2.93 bits per heavy atom. The van der Waals surface area contributed by atoms with Crippen molar-refractivity contribution in [2.24, 2.45) is 0 Å². The molecule has 0 aromatic carbocycles. The van der Waals surface area contributed by atoms with Crippen LogP contribution in [0.25, 0.3) is 0 Å².